The Morgan fingerprint density at radius 2 is 1.79 bits per heavy atom. The van der Waals surface area contributed by atoms with Crippen molar-refractivity contribution in [3.05, 3.63) is 66.2 Å². The lowest BCUT2D eigenvalue weighted by molar-refractivity contribution is 0.100. The van der Waals surface area contributed by atoms with Gasteiger partial charge >= 0.3 is 0 Å². The molecule has 0 bridgehead atoms. The number of hydrogen-bond donors (Lipinski definition) is 2. The third kappa shape index (κ3) is 4.10. The summed E-state index contributed by atoms with van der Waals surface area (Å²) in [5, 5.41) is 3.20. The number of amides is 1. The van der Waals surface area contributed by atoms with Crippen molar-refractivity contribution in [3.63, 3.8) is 0 Å². The number of primary amides is 1. The van der Waals surface area contributed by atoms with Gasteiger partial charge in [-0.25, -0.2) is 4.98 Å². The van der Waals surface area contributed by atoms with Gasteiger partial charge in [-0.1, -0.05) is 36.4 Å². The molecule has 1 saturated heterocycles. The van der Waals surface area contributed by atoms with Crippen molar-refractivity contribution in [2.45, 2.75) is 0 Å². The van der Waals surface area contributed by atoms with Crippen LogP contribution in [0.5, 0.6) is 0 Å². The third-order valence-corrected chi connectivity index (χ3v) is 4.52. The van der Waals surface area contributed by atoms with Gasteiger partial charge < -0.3 is 20.7 Å². The highest BCUT2D eigenvalue weighted by Crippen LogP contribution is 2.25. The van der Waals surface area contributed by atoms with E-state index in [1.807, 2.05) is 42.5 Å². The van der Waals surface area contributed by atoms with Crippen LogP contribution in [0.1, 0.15) is 10.4 Å². The number of nitrogens with one attached hydrogen (secondary N) is 1. The molecule has 28 heavy (non-hydrogen) atoms. The van der Waals surface area contributed by atoms with Gasteiger partial charge in [-0.05, 0) is 18.2 Å². The van der Waals surface area contributed by atoms with Crippen LogP contribution in [0.4, 0.5) is 17.5 Å². The largest absolute Gasteiger partial charge is 0.378 e. The maximum atomic E-state index is 11.5. The second kappa shape index (κ2) is 8.06. The number of benzene rings is 2. The number of nitrogens with zero attached hydrogens (tertiary/aromatic N) is 3. The molecule has 0 saturated carbocycles. The number of carbonyl (C=O) groups excluding carboxylic acids is 1. The Morgan fingerprint density at radius 1 is 1.00 bits per heavy atom. The van der Waals surface area contributed by atoms with E-state index in [9.17, 15) is 4.79 Å². The summed E-state index contributed by atoms with van der Waals surface area (Å²) in [6.45, 7) is 2.91. The summed E-state index contributed by atoms with van der Waals surface area (Å²) in [7, 11) is 0. The molecule has 3 aromatic rings. The Balaban J connectivity index is 1.71. The molecule has 0 spiro atoms. The minimum absolute atomic E-state index is 0.428. The van der Waals surface area contributed by atoms with Crippen molar-refractivity contribution in [1.29, 1.82) is 0 Å². The zero-order chi connectivity index (χ0) is 19.3. The molecule has 3 N–H and O–H groups in total. The summed E-state index contributed by atoms with van der Waals surface area (Å²) in [6.07, 6.45) is 0. The van der Waals surface area contributed by atoms with Crippen LogP contribution in [-0.2, 0) is 4.74 Å². The molecule has 2 aromatic carbocycles. The normalized spacial score (nSPS) is 13.9. The van der Waals surface area contributed by atoms with Gasteiger partial charge in [0.2, 0.25) is 11.9 Å². The van der Waals surface area contributed by atoms with Gasteiger partial charge in [0.15, 0.2) is 0 Å². The number of aromatic nitrogens is 2. The fraction of sp³-hybridized carbons (Fsp3) is 0.190. The highest BCUT2D eigenvalue weighted by Gasteiger charge is 2.16. The van der Waals surface area contributed by atoms with E-state index in [2.05, 4.69) is 20.2 Å². The number of morpholine rings is 1. The quantitative estimate of drug-likeness (QED) is 0.712. The first-order valence-electron chi connectivity index (χ1n) is 9.13. The van der Waals surface area contributed by atoms with E-state index in [1.54, 1.807) is 18.2 Å². The van der Waals surface area contributed by atoms with Gasteiger partial charge in [0.1, 0.15) is 5.82 Å². The Kier molecular flexibility index (Phi) is 5.16. The second-order valence-corrected chi connectivity index (χ2v) is 6.47. The average molecular weight is 375 g/mol. The molecule has 142 valence electrons. The van der Waals surface area contributed by atoms with Crippen molar-refractivity contribution in [3.8, 4) is 11.3 Å². The summed E-state index contributed by atoms with van der Waals surface area (Å²) in [4.78, 5) is 23.0. The molecule has 7 heteroatoms. The topological polar surface area (TPSA) is 93.4 Å². The maximum absolute atomic E-state index is 11.5. The van der Waals surface area contributed by atoms with E-state index in [0.717, 1.165) is 30.2 Å². The molecule has 2 heterocycles. The fourth-order valence-electron chi connectivity index (χ4n) is 3.08. The lowest BCUT2D eigenvalue weighted by atomic mass is 10.1. The molecule has 0 unspecified atom stereocenters. The first-order chi connectivity index (χ1) is 13.7. The highest BCUT2D eigenvalue weighted by atomic mass is 16.5. The molecule has 4 rings (SSSR count). The first kappa shape index (κ1) is 17.9. The van der Waals surface area contributed by atoms with Crippen LogP contribution in [-0.4, -0.2) is 42.2 Å². The second-order valence-electron chi connectivity index (χ2n) is 6.47. The Bertz CT molecular complexity index is 972. The van der Waals surface area contributed by atoms with Gasteiger partial charge in [0.25, 0.3) is 0 Å². The SMILES string of the molecule is NC(=O)c1cccc(Nc2nc(-c3ccccc3)cc(N3CCOCC3)n2)c1. The van der Waals surface area contributed by atoms with Gasteiger partial charge in [0, 0.05) is 36.0 Å². The minimum Gasteiger partial charge on any atom is -0.378 e. The molecule has 1 aromatic heterocycles. The zero-order valence-corrected chi connectivity index (χ0v) is 15.3. The summed E-state index contributed by atoms with van der Waals surface area (Å²) < 4.78 is 5.45. The number of carbonyl (C=O) groups is 1. The van der Waals surface area contributed by atoms with E-state index in [1.165, 1.54) is 0 Å². The zero-order valence-electron chi connectivity index (χ0n) is 15.3. The van der Waals surface area contributed by atoms with E-state index in [4.69, 9.17) is 10.5 Å². The van der Waals surface area contributed by atoms with Gasteiger partial charge in [0.05, 0.1) is 18.9 Å². The third-order valence-electron chi connectivity index (χ3n) is 4.52. The number of ether oxygens (including phenoxy) is 1. The summed E-state index contributed by atoms with van der Waals surface area (Å²) in [5.41, 5.74) is 8.35. The molecular weight excluding hydrogens is 354 g/mol. The van der Waals surface area contributed by atoms with Gasteiger partial charge in [-0.15, -0.1) is 0 Å². The number of rotatable bonds is 5. The van der Waals surface area contributed by atoms with E-state index >= 15 is 0 Å². The minimum atomic E-state index is -0.475. The van der Waals surface area contributed by atoms with Gasteiger partial charge in [-0.3, -0.25) is 4.79 Å². The lowest BCUT2D eigenvalue weighted by Gasteiger charge is -2.28. The van der Waals surface area contributed by atoms with Crippen LogP contribution < -0.4 is 16.0 Å². The smallest absolute Gasteiger partial charge is 0.248 e. The van der Waals surface area contributed by atoms with Crippen LogP contribution in [0.25, 0.3) is 11.3 Å². The summed E-state index contributed by atoms with van der Waals surface area (Å²) in [6, 6.07) is 18.9. The van der Waals surface area contributed by atoms with E-state index < -0.39 is 5.91 Å². The van der Waals surface area contributed by atoms with E-state index in [0.29, 0.717) is 30.4 Å². The summed E-state index contributed by atoms with van der Waals surface area (Å²) in [5.74, 6) is 0.826. The van der Waals surface area contributed by atoms with Crippen LogP contribution in [0.2, 0.25) is 0 Å². The monoisotopic (exact) mass is 375 g/mol. The molecule has 0 radical (unpaired) electrons. The standard InChI is InChI=1S/C21H21N5O2/c22-20(27)16-7-4-8-17(13-16)23-21-24-18(15-5-2-1-3-6-15)14-19(25-21)26-9-11-28-12-10-26/h1-8,13-14H,9-12H2,(H2,22,27)(H,23,24,25). The molecule has 1 fully saturated rings. The molecule has 0 aliphatic carbocycles. The molecule has 1 aliphatic heterocycles. The van der Waals surface area contributed by atoms with Crippen LogP contribution in [0, 0.1) is 0 Å². The lowest BCUT2D eigenvalue weighted by Crippen LogP contribution is -2.36. The van der Waals surface area contributed by atoms with Crippen LogP contribution in [0.15, 0.2) is 60.7 Å². The predicted octanol–water partition coefficient (Wildman–Crippen LogP) is 2.82. The molecule has 0 atom stereocenters. The van der Waals surface area contributed by atoms with Crippen LogP contribution >= 0.6 is 0 Å². The van der Waals surface area contributed by atoms with Crippen molar-refractivity contribution < 1.29 is 9.53 Å². The van der Waals surface area contributed by atoms with Crippen molar-refractivity contribution in [2.75, 3.05) is 36.5 Å². The molecular formula is C21H21N5O2. The van der Waals surface area contributed by atoms with Gasteiger partial charge in [-0.2, -0.15) is 4.98 Å². The van der Waals surface area contributed by atoms with E-state index in [-0.39, 0.29) is 0 Å². The molecule has 1 amide bonds. The number of hydrogen-bond acceptors (Lipinski definition) is 6. The fourth-order valence-corrected chi connectivity index (χ4v) is 3.08. The Morgan fingerprint density at radius 3 is 2.54 bits per heavy atom. The van der Waals surface area contributed by atoms with Crippen molar-refractivity contribution in [2.24, 2.45) is 5.73 Å². The maximum Gasteiger partial charge on any atom is 0.248 e. The number of nitrogens with two attached hydrogens (primary N) is 1. The van der Waals surface area contributed by atoms with Crippen molar-refractivity contribution >= 4 is 23.4 Å². The molecule has 1 aliphatic rings. The highest BCUT2D eigenvalue weighted by molar-refractivity contribution is 5.93. The number of anilines is 3. The first-order valence-corrected chi connectivity index (χ1v) is 9.13. The van der Waals surface area contributed by atoms with Crippen LogP contribution in [0.3, 0.4) is 0 Å². The Labute approximate surface area is 163 Å². The average Bonchev–Trinajstić information content (AvgIpc) is 2.75. The molecule has 7 nitrogen and oxygen atoms in total. The summed E-state index contributed by atoms with van der Waals surface area (Å²) >= 11 is 0. The predicted molar refractivity (Wildman–Crippen MR) is 109 cm³/mol. The Hall–Kier alpha value is -3.45. The van der Waals surface area contributed by atoms with Crippen molar-refractivity contribution in [1.82, 2.24) is 9.97 Å².